The third kappa shape index (κ3) is 3.70. The largest absolute Gasteiger partial charge is 0.325 e. The minimum absolute atomic E-state index is 0.290. The molecule has 124 valence electrons. The minimum Gasteiger partial charge on any atom is -0.325 e. The number of carbonyl (C=O) groups is 3. The van der Waals surface area contributed by atoms with Crippen LogP contribution in [0.1, 0.15) is 45.6 Å². The Balaban J connectivity index is 1.97. The van der Waals surface area contributed by atoms with Crippen molar-refractivity contribution in [3.63, 3.8) is 0 Å². The first-order valence-corrected chi connectivity index (χ1v) is 7.78. The zero-order valence-electron chi connectivity index (χ0n) is 14.0. The second kappa shape index (κ2) is 6.40. The molecule has 0 aromatic heterocycles. The lowest BCUT2D eigenvalue weighted by Gasteiger charge is -2.16. The van der Waals surface area contributed by atoms with E-state index in [0.717, 1.165) is 11.3 Å². The Bertz CT molecular complexity index is 622. The van der Waals surface area contributed by atoms with Gasteiger partial charge in [-0.25, -0.2) is 4.79 Å². The van der Waals surface area contributed by atoms with Gasteiger partial charge in [-0.15, -0.1) is 0 Å². The highest BCUT2D eigenvalue weighted by Gasteiger charge is 2.44. The second-order valence-corrected chi connectivity index (χ2v) is 6.43. The molecule has 4 amide bonds. The number of nitrogens with zero attached hydrogens (tertiary/aromatic N) is 1. The molecule has 0 aliphatic carbocycles. The normalized spacial score (nSPS) is 17.8. The average Bonchev–Trinajstić information content (AvgIpc) is 2.69. The maximum absolute atomic E-state index is 12.1. The van der Waals surface area contributed by atoms with Crippen LogP contribution in [0, 0.1) is 0 Å². The van der Waals surface area contributed by atoms with Crippen molar-refractivity contribution in [1.82, 2.24) is 10.2 Å². The molecule has 0 radical (unpaired) electrons. The molecule has 1 saturated heterocycles. The number of urea groups is 1. The van der Waals surface area contributed by atoms with E-state index in [0.29, 0.717) is 11.6 Å². The summed E-state index contributed by atoms with van der Waals surface area (Å²) in [7, 11) is 0. The van der Waals surface area contributed by atoms with Crippen molar-refractivity contribution in [3.8, 4) is 0 Å². The molecule has 0 spiro atoms. The maximum Gasteiger partial charge on any atom is 0.325 e. The van der Waals surface area contributed by atoms with Crippen molar-refractivity contribution in [3.05, 3.63) is 29.8 Å². The quantitative estimate of drug-likeness (QED) is 0.819. The van der Waals surface area contributed by atoms with E-state index < -0.39 is 23.4 Å². The zero-order chi connectivity index (χ0) is 17.2. The number of hydrogen-bond acceptors (Lipinski definition) is 3. The highest BCUT2D eigenvalue weighted by Crippen LogP contribution is 2.21. The smallest absolute Gasteiger partial charge is 0.325 e. The van der Waals surface area contributed by atoms with Gasteiger partial charge in [-0.2, -0.15) is 0 Å². The molecular weight excluding hydrogens is 294 g/mol. The third-order valence-electron chi connectivity index (χ3n) is 4.12. The first-order valence-electron chi connectivity index (χ1n) is 7.78. The van der Waals surface area contributed by atoms with Crippen molar-refractivity contribution in [2.75, 3.05) is 11.9 Å². The van der Waals surface area contributed by atoms with E-state index in [9.17, 15) is 14.4 Å². The van der Waals surface area contributed by atoms with Crippen LogP contribution < -0.4 is 10.6 Å². The first-order chi connectivity index (χ1) is 10.7. The van der Waals surface area contributed by atoms with Crippen LogP contribution in [0.5, 0.6) is 0 Å². The number of rotatable bonds is 5. The Morgan fingerprint density at radius 2 is 1.87 bits per heavy atom. The van der Waals surface area contributed by atoms with Gasteiger partial charge in [0, 0.05) is 5.69 Å². The SMILES string of the molecule is CCC(C)c1ccc(NC(=O)CN2C(=O)NC(C)(C)C2=O)cc1. The molecule has 2 N–H and O–H groups in total. The van der Waals surface area contributed by atoms with Crippen LogP contribution >= 0.6 is 0 Å². The summed E-state index contributed by atoms with van der Waals surface area (Å²) in [6.45, 7) is 7.20. The molecule has 6 nitrogen and oxygen atoms in total. The summed E-state index contributed by atoms with van der Waals surface area (Å²) < 4.78 is 0. The molecule has 1 aromatic carbocycles. The molecule has 1 fully saturated rings. The molecule has 1 aromatic rings. The molecule has 0 saturated carbocycles. The van der Waals surface area contributed by atoms with E-state index >= 15 is 0 Å². The van der Waals surface area contributed by atoms with Crippen molar-refractivity contribution in [1.29, 1.82) is 0 Å². The number of hydrogen-bond donors (Lipinski definition) is 2. The van der Waals surface area contributed by atoms with Crippen LogP contribution in [-0.4, -0.2) is 34.8 Å². The lowest BCUT2D eigenvalue weighted by molar-refractivity contribution is -0.132. The van der Waals surface area contributed by atoms with Crippen molar-refractivity contribution in [2.45, 2.75) is 45.6 Å². The molecule has 0 bridgehead atoms. The summed E-state index contributed by atoms with van der Waals surface area (Å²) in [4.78, 5) is 36.8. The number of nitrogens with one attached hydrogen (secondary N) is 2. The fraction of sp³-hybridized carbons (Fsp3) is 0.471. The van der Waals surface area contributed by atoms with E-state index in [1.54, 1.807) is 13.8 Å². The van der Waals surface area contributed by atoms with Crippen LogP contribution in [0.3, 0.4) is 0 Å². The summed E-state index contributed by atoms with van der Waals surface area (Å²) in [5.74, 6) is -0.333. The highest BCUT2D eigenvalue weighted by molar-refractivity contribution is 6.09. The Kier molecular flexibility index (Phi) is 4.73. The standard InChI is InChI=1S/C17H23N3O3/c1-5-11(2)12-6-8-13(9-7-12)18-14(21)10-20-15(22)17(3,4)19-16(20)23/h6-9,11H,5,10H2,1-4H3,(H,18,21)(H,19,23). The van der Waals surface area contributed by atoms with Crippen LogP contribution in [-0.2, 0) is 9.59 Å². The van der Waals surface area contributed by atoms with E-state index in [1.807, 2.05) is 24.3 Å². The minimum atomic E-state index is -0.963. The molecule has 1 atom stereocenters. The van der Waals surface area contributed by atoms with E-state index in [2.05, 4.69) is 24.5 Å². The van der Waals surface area contributed by atoms with Gasteiger partial charge in [-0.1, -0.05) is 26.0 Å². The van der Waals surface area contributed by atoms with Crippen molar-refractivity contribution in [2.24, 2.45) is 0 Å². The van der Waals surface area contributed by atoms with Gasteiger partial charge in [-0.3, -0.25) is 14.5 Å². The highest BCUT2D eigenvalue weighted by atomic mass is 16.2. The van der Waals surface area contributed by atoms with Gasteiger partial charge < -0.3 is 10.6 Å². The summed E-state index contributed by atoms with van der Waals surface area (Å²) >= 11 is 0. The number of anilines is 1. The van der Waals surface area contributed by atoms with E-state index in [-0.39, 0.29) is 6.54 Å². The molecule has 6 heteroatoms. The van der Waals surface area contributed by atoms with Crippen LogP contribution in [0.4, 0.5) is 10.5 Å². The fourth-order valence-electron chi connectivity index (χ4n) is 2.44. The van der Waals surface area contributed by atoms with E-state index in [4.69, 9.17) is 0 Å². The Hall–Kier alpha value is -2.37. The van der Waals surface area contributed by atoms with Gasteiger partial charge in [-0.05, 0) is 43.9 Å². The van der Waals surface area contributed by atoms with Crippen molar-refractivity contribution >= 4 is 23.5 Å². The summed E-state index contributed by atoms with van der Waals surface area (Å²) in [5, 5.41) is 5.25. The molecule has 1 aliphatic heterocycles. The molecular formula is C17H23N3O3. The number of carbonyl (C=O) groups excluding carboxylic acids is 3. The maximum atomic E-state index is 12.1. The van der Waals surface area contributed by atoms with Crippen molar-refractivity contribution < 1.29 is 14.4 Å². The van der Waals surface area contributed by atoms with Gasteiger partial charge in [0.25, 0.3) is 5.91 Å². The topological polar surface area (TPSA) is 78.5 Å². The lowest BCUT2D eigenvalue weighted by Crippen LogP contribution is -2.41. The van der Waals surface area contributed by atoms with Gasteiger partial charge in [0.05, 0.1) is 0 Å². The monoisotopic (exact) mass is 317 g/mol. The van der Waals surface area contributed by atoms with E-state index in [1.165, 1.54) is 5.56 Å². The van der Waals surface area contributed by atoms with Gasteiger partial charge in [0.15, 0.2) is 0 Å². The molecule has 1 unspecified atom stereocenters. The van der Waals surface area contributed by atoms with Gasteiger partial charge >= 0.3 is 6.03 Å². The third-order valence-corrected chi connectivity index (χ3v) is 4.12. The predicted octanol–water partition coefficient (Wildman–Crippen LogP) is 2.47. The molecule has 23 heavy (non-hydrogen) atoms. The van der Waals surface area contributed by atoms with Gasteiger partial charge in [0.1, 0.15) is 12.1 Å². The summed E-state index contributed by atoms with van der Waals surface area (Å²) in [6.07, 6.45) is 1.05. The first kappa shape index (κ1) is 17.0. The van der Waals surface area contributed by atoms with Crippen LogP contribution in [0.15, 0.2) is 24.3 Å². The molecule has 1 heterocycles. The van der Waals surface area contributed by atoms with Crippen LogP contribution in [0.2, 0.25) is 0 Å². The fourth-order valence-corrected chi connectivity index (χ4v) is 2.44. The number of imide groups is 1. The van der Waals surface area contributed by atoms with Crippen LogP contribution in [0.25, 0.3) is 0 Å². The molecule has 2 rings (SSSR count). The second-order valence-electron chi connectivity index (χ2n) is 6.43. The summed E-state index contributed by atoms with van der Waals surface area (Å²) in [6, 6.07) is 7.06. The Labute approximate surface area is 136 Å². The Morgan fingerprint density at radius 3 is 2.35 bits per heavy atom. The zero-order valence-corrected chi connectivity index (χ0v) is 14.0. The van der Waals surface area contributed by atoms with Gasteiger partial charge in [0.2, 0.25) is 5.91 Å². The summed E-state index contributed by atoms with van der Waals surface area (Å²) in [5.41, 5.74) is 0.893. The lowest BCUT2D eigenvalue weighted by atomic mass is 9.99. The average molecular weight is 317 g/mol. The predicted molar refractivity (Wildman–Crippen MR) is 88.1 cm³/mol. The number of amides is 4. The molecule has 1 aliphatic rings. The Morgan fingerprint density at radius 1 is 1.26 bits per heavy atom. The number of benzene rings is 1.